The number of benzene rings is 1. The van der Waals surface area contributed by atoms with Crippen LogP contribution < -0.4 is 16.8 Å². The molecule has 1 heterocycles. The molecule has 2 aromatic rings. The Morgan fingerprint density at radius 2 is 1.94 bits per heavy atom. The lowest BCUT2D eigenvalue weighted by Gasteiger charge is -2.08. The van der Waals surface area contributed by atoms with Crippen LogP contribution in [0.1, 0.15) is 10.4 Å². The Morgan fingerprint density at radius 3 is 2.50 bits per heavy atom. The topological polar surface area (TPSA) is 94.0 Å². The first kappa shape index (κ1) is 12.4. The van der Waals surface area contributed by atoms with E-state index in [0.29, 0.717) is 17.1 Å². The summed E-state index contributed by atoms with van der Waals surface area (Å²) in [6, 6.07) is 8.51. The number of hydrogen-bond acceptors (Lipinski definition) is 4. The molecule has 0 aliphatic rings. The minimum Gasteiger partial charge on any atom is -0.396 e. The van der Waals surface area contributed by atoms with Crippen LogP contribution in [0.25, 0.3) is 0 Å². The standard InChI is InChI=1S/C12H11BrN4O/c13-8-5-10(14)12(16-6-8)17-9-3-1-7(2-4-9)11(15)18/h1-6H,14H2,(H2,15,18)(H,16,17). The van der Waals surface area contributed by atoms with E-state index in [1.165, 1.54) is 0 Å². The summed E-state index contributed by atoms with van der Waals surface area (Å²) in [5.74, 6) is 0.104. The molecule has 92 valence electrons. The third-order valence-corrected chi connectivity index (χ3v) is 2.75. The zero-order valence-electron chi connectivity index (χ0n) is 9.35. The predicted octanol–water partition coefficient (Wildman–Crippen LogP) is 2.27. The fourth-order valence-corrected chi connectivity index (χ4v) is 1.76. The number of nitrogens with one attached hydrogen (secondary N) is 1. The molecule has 2 rings (SSSR count). The van der Waals surface area contributed by atoms with Crippen molar-refractivity contribution in [2.75, 3.05) is 11.1 Å². The first-order valence-corrected chi connectivity index (χ1v) is 5.93. The second kappa shape index (κ2) is 5.05. The van der Waals surface area contributed by atoms with Gasteiger partial charge in [0, 0.05) is 21.9 Å². The number of nitrogen functional groups attached to an aromatic ring is 1. The largest absolute Gasteiger partial charge is 0.396 e. The Labute approximate surface area is 112 Å². The normalized spacial score (nSPS) is 10.1. The van der Waals surface area contributed by atoms with Crippen molar-refractivity contribution in [3.05, 3.63) is 46.6 Å². The lowest BCUT2D eigenvalue weighted by Crippen LogP contribution is -2.10. The zero-order chi connectivity index (χ0) is 13.1. The zero-order valence-corrected chi connectivity index (χ0v) is 10.9. The molecule has 0 aliphatic carbocycles. The molecular weight excluding hydrogens is 296 g/mol. The Balaban J connectivity index is 2.21. The Hall–Kier alpha value is -2.08. The molecular formula is C12H11BrN4O. The van der Waals surface area contributed by atoms with Crippen LogP contribution in [0.2, 0.25) is 0 Å². The number of halogens is 1. The predicted molar refractivity (Wildman–Crippen MR) is 74.6 cm³/mol. The minimum absolute atomic E-state index is 0.456. The van der Waals surface area contributed by atoms with Crippen molar-refractivity contribution >= 4 is 39.0 Å². The highest BCUT2D eigenvalue weighted by Gasteiger charge is 2.03. The van der Waals surface area contributed by atoms with E-state index in [4.69, 9.17) is 11.5 Å². The first-order chi connectivity index (χ1) is 8.56. The Kier molecular flexibility index (Phi) is 3.47. The van der Waals surface area contributed by atoms with Crippen LogP contribution >= 0.6 is 15.9 Å². The van der Waals surface area contributed by atoms with Gasteiger partial charge in [-0.25, -0.2) is 4.98 Å². The van der Waals surface area contributed by atoms with Gasteiger partial charge in [-0.05, 0) is 46.3 Å². The number of nitrogens with zero attached hydrogens (tertiary/aromatic N) is 1. The number of hydrogen-bond donors (Lipinski definition) is 3. The number of rotatable bonds is 3. The van der Waals surface area contributed by atoms with Crippen molar-refractivity contribution in [3.8, 4) is 0 Å². The molecule has 6 heteroatoms. The minimum atomic E-state index is -0.456. The summed E-state index contributed by atoms with van der Waals surface area (Å²) in [6.45, 7) is 0. The lowest BCUT2D eigenvalue weighted by atomic mass is 10.2. The average Bonchev–Trinajstić information content (AvgIpc) is 2.33. The molecule has 0 saturated heterocycles. The quantitative estimate of drug-likeness (QED) is 0.810. The van der Waals surface area contributed by atoms with Crippen LogP contribution in [-0.4, -0.2) is 10.9 Å². The molecule has 0 bridgehead atoms. The molecule has 1 aromatic heterocycles. The molecule has 0 aliphatic heterocycles. The van der Waals surface area contributed by atoms with Gasteiger partial charge in [0.05, 0.1) is 5.69 Å². The highest BCUT2D eigenvalue weighted by Crippen LogP contribution is 2.23. The number of carbonyl (C=O) groups excluding carboxylic acids is 1. The van der Waals surface area contributed by atoms with Gasteiger partial charge in [-0.1, -0.05) is 0 Å². The van der Waals surface area contributed by atoms with Gasteiger partial charge in [0.1, 0.15) is 0 Å². The smallest absolute Gasteiger partial charge is 0.248 e. The van der Waals surface area contributed by atoms with Gasteiger partial charge in [-0.3, -0.25) is 4.79 Å². The number of anilines is 3. The molecule has 18 heavy (non-hydrogen) atoms. The Morgan fingerprint density at radius 1 is 1.28 bits per heavy atom. The van der Waals surface area contributed by atoms with E-state index in [-0.39, 0.29) is 0 Å². The number of carbonyl (C=O) groups is 1. The van der Waals surface area contributed by atoms with Gasteiger partial charge in [0.2, 0.25) is 5.91 Å². The molecule has 5 N–H and O–H groups in total. The molecule has 0 atom stereocenters. The second-order valence-electron chi connectivity index (χ2n) is 3.66. The van der Waals surface area contributed by atoms with Crippen LogP contribution in [0.3, 0.4) is 0 Å². The van der Waals surface area contributed by atoms with Crippen LogP contribution in [0.15, 0.2) is 41.0 Å². The maximum Gasteiger partial charge on any atom is 0.248 e. The molecule has 0 saturated carbocycles. The molecule has 5 nitrogen and oxygen atoms in total. The van der Waals surface area contributed by atoms with Gasteiger partial charge in [-0.2, -0.15) is 0 Å². The summed E-state index contributed by atoms with van der Waals surface area (Å²) >= 11 is 3.29. The summed E-state index contributed by atoms with van der Waals surface area (Å²) in [4.78, 5) is 15.1. The van der Waals surface area contributed by atoms with E-state index in [1.54, 1.807) is 36.5 Å². The van der Waals surface area contributed by atoms with E-state index in [2.05, 4.69) is 26.2 Å². The summed E-state index contributed by atoms with van der Waals surface area (Å²) < 4.78 is 0.814. The number of pyridine rings is 1. The fraction of sp³-hybridized carbons (Fsp3) is 0. The third-order valence-electron chi connectivity index (χ3n) is 2.32. The molecule has 0 radical (unpaired) electrons. The van der Waals surface area contributed by atoms with Gasteiger partial charge in [-0.15, -0.1) is 0 Å². The third kappa shape index (κ3) is 2.78. The van der Waals surface area contributed by atoms with Gasteiger partial charge < -0.3 is 16.8 Å². The van der Waals surface area contributed by atoms with Crippen LogP contribution in [0.4, 0.5) is 17.2 Å². The monoisotopic (exact) mass is 306 g/mol. The molecule has 0 spiro atoms. The van der Waals surface area contributed by atoms with Crippen LogP contribution in [0.5, 0.6) is 0 Å². The van der Waals surface area contributed by atoms with Gasteiger partial charge in [0.15, 0.2) is 5.82 Å². The van der Waals surface area contributed by atoms with Crippen molar-refractivity contribution in [1.29, 1.82) is 0 Å². The molecule has 1 aromatic carbocycles. The maximum atomic E-state index is 10.9. The Bertz CT molecular complexity index is 583. The molecule has 1 amide bonds. The SMILES string of the molecule is NC(=O)c1ccc(Nc2ncc(Br)cc2N)cc1. The van der Waals surface area contributed by atoms with Crippen molar-refractivity contribution in [2.24, 2.45) is 5.73 Å². The summed E-state index contributed by atoms with van der Waals surface area (Å²) in [5.41, 5.74) is 12.7. The van der Waals surface area contributed by atoms with Gasteiger partial charge in [0.25, 0.3) is 0 Å². The summed E-state index contributed by atoms with van der Waals surface area (Å²) in [6.07, 6.45) is 1.65. The van der Waals surface area contributed by atoms with Crippen LogP contribution in [0, 0.1) is 0 Å². The van der Waals surface area contributed by atoms with E-state index in [0.717, 1.165) is 10.2 Å². The number of aromatic nitrogens is 1. The number of nitrogens with two attached hydrogens (primary N) is 2. The molecule has 0 unspecified atom stereocenters. The van der Waals surface area contributed by atoms with Crippen molar-refractivity contribution in [3.63, 3.8) is 0 Å². The van der Waals surface area contributed by atoms with Crippen molar-refractivity contribution in [1.82, 2.24) is 4.98 Å². The van der Waals surface area contributed by atoms with E-state index >= 15 is 0 Å². The highest BCUT2D eigenvalue weighted by molar-refractivity contribution is 9.10. The average molecular weight is 307 g/mol. The molecule has 0 fully saturated rings. The fourth-order valence-electron chi connectivity index (χ4n) is 1.41. The highest BCUT2D eigenvalue weighted by atomic mass is 79.9. The van der Waals surface area contributed by atoms with Crippen molar-refractivity contribution in [2.45, 2.75) is 0 Å². The van der Waals surface area contributed by atoms with E-state index < -0.39 is 5.91 Å². The second-order valence-corrected chi connectivity index (χ2v) is 4.57. The van der Waals surface area contributed by atoms with Crippen molar-refractivity contribution < 1.29 is 4.79 Å². The van der Waals surface area contributed by atoms with Gasteiger partial charge >= 0.3 is 0 Å². The van der Waals surface area contributed by atoms with Crippen LogP contribution in [-0.2, 0) is 0 Å². The number of amides is 1. The summed E-state index contributed by atoms with van der Waals surface area (Å²) in [5, 5.41) is 3.06. The lowest BCUT2D eigenvalue weighted by molar-refractivity contribution is 0.100. The maximum absolute atomic E-state index is 10.9. The first-order valence-electron chi connectivity index (χ1n) is 5.14. The van der Waals surface area contributed by atoms with E-state index in [9.17, 15) is 4.79 Å². The summed E-state index contributed by atoms with van der Waals surface area (Å²) in [7, 11) is 0. The number of primary amides is 1. The van der Waals surface area contributed by atoms with E-state index in [1.807, 2.05) is 0 Å².